The minimum atomic E-state index is 0.0961. The SMILES string of the molecule is COc1cccc(N2CCN(C(=O)Cn3c(C)cc(C)c3-c3nc(C(C)C)no3)CC2)c1. The Hall–Kier alpha value is -3.29. The van der Waals surface area contributed by atoms with E-state index in [4.69, 9.17) is 9.26 Å². The van der Waals surface area contributed by atoms with Crippen molar-refractivity contribution in [2.45, 2.75) is 40.2 Å². The molecule has 8 heteroatoms. The molecule has 1 aromatic carbocycles. The van der Waals surface area contributed by atoms with E-state index < -0.39 is 0 Å². The van der Waals surface area contributed by atoms with Gasteiger partial charge in [-0.25, -0.2) is 0 Å². The maximum absolute atomic E-state index is 13.2. The monoisotopic (exact) mass is 437 g/mol. The third-order valence-corrected chi connectivity index (χ3v) is 6.00. The molecule has 3 aromatic rings. The smallest absolute Gasteiger partial charge is 0.274 e. The summed E-state index contributed by atoms with van der Waals surface area (Å²) in [4.78, 5) is 21.9. The van der Waals surface area contributed by atoms with Gasteiger partial charge in [0.15, 0.2) is 5.82 Å². The predicted molar refractivity (Wildman–Crippen MR) is 123 cm³/mol. The van der Waals surface area contributed by atoms with Gasteiger partial charge in [0.1, 0.15) is 18.0 Å². The number of carbonyl (C=O) groups excluding carboxylic acids is 1. The molecule has 8 nitrogen and oxygen atoms in total. The fraction of sp³-hybridized carbons (Fsp3) is 0.458. The number of rotatable bonds is 6. The summed E-state index contributed by atoms with van der Waals surface area (Å²) in [6, 6.07) is 10.1. The molecule has 0 saturated carbocycles. The minimum absolute atomic E-state index is 0.0961. The van der Waals surface area contributed by atoms with Crippen LogP contribution in [0.5, 0.6) is 5.75 Å². The van der Waals surface area contributed by atoms with Gasteiger partial charge in [-0.2, -0.15) is 4.98 Å². The quantitative estimate of drug-likeness (QED) is 0.586. The summed E-state index contributed by atoms with van der Waals surface area (Å²) in [6.45, 7) is 11.3. The normalized spacial score (nSPS) is 14.3. The van der Waals surface area contributed by atoms with E-state index in [9.17, 15) is 4.79 Å². The molecule has 32 heavy (non-hydrogen) atoms. The molecule has 170 valence electrons. The molecule has 1 amide bonds. The van der Waals surface area contributed by atoms with Crippen molar-refractivity contribution in [2.24, 2.45) is 0 Å². The zero-order chi connectivity index (χ0) is 22.8. The van der Waals surface area contributed by atoms with Crippen molar-refractivity contribution >= 4 is 11.6 Å². The summed E-state index contributed by atoms with van der Waals surface area (Å²) >= 11 is 0. The number of hydrogen-bond donors (Lipinski definition) is 0. The Kier molecular flexibility index (Phi) is 6.21. The van der Waals surface area contributed by atoms with E-state index in [1.165, 1.54) is 0 Å². The lowest BCUT2D eigenvalue weighted by Gasteiger charge is -2.36. The van der Waals surface area contributed by atoms with Crippen molar-refractivity contribution in [3.63, 3.8) is 0 Å². The highest BCUT2D eigenvalue weighted by Gasteiger charge is 2.25. The first-order valence-electron chi connectivity index (χ1n) is 11.0. The zero-order valence-corrected chi connectivity index (χ0v) is 19.5. The highest BCUT2D eigenvalue weighted by atomic mass is 16.5. The third kappa shape index (κ3) is 4.35. The average Bonchev–Trinajstić information content (AvgIpc) is 3.38. The standard InChI is InChI=1S/C24H31N5O3/c1-16(2)23-25-24(32-26-23)22-17(3)13-18(4)29(22)15-21(30)28-11-9-27(10-12-28)19-7-6-8-20(14-19)31-5/h6-8,13-14,16H,9-12,15H2,1-5H3. The van der Waals surface area contributed by atoms with E-state index in [0.717, 1.165) is 41.5 Å². The molecule has 0 spiro atoms. The summed E-state index contributed by atoms with van der Waals surface area (Å²) in [5.74, 6) is 2.26. The molecule has 1 saturated heterocycles. The van der Waals surface area contributed by atoms with E-state index in [1.54, 1.807) is 7.11 Å². The zero-order valence-electron chi connectivity index (χ0n) is 19.5. The van der Waals surface area contributed by atoms with Gasteiger partial charge < -0.3 is 23.6 Å². The van der Waals surface area contributed by atoms with Gasteiger partial charge in [-0.15, -0.1) is 0 Å². The lowest BCUT2D eigenvalue weighted by atomic mass is 10.2. The van der Waals surface area contributed by atoms with Crippen LogP contribution in [0, 0.1) is 13.8 Å². The molecule has 0 radical (unpaired) electrons. The van der Waals surface area contributed by atoms with Gasteiger partial charge in [-0.1, -0.05) is 25.1 Å². The first-order chi connectivity index (χ1) is 15.4. The van der Waals surface area contributed by atoms with Crippen LogP contribution in [0.15, 0.2) is 34.9 Å². The van der Waals surface area contributed by atoms with Crippen molar-refractivity contribution in [2.75, 3.05) is 38.2 Å². The molecule has 1 aliphatic rings. The molecule has 0 bridgehead atoms. The van der Waals surface area contributed by atoms with Crippen LogP contribution in [0.1, 0.15) is 36.8 Å². The van der Waals surface area contributed by atoms with Crippen LogP contribution in [-0.2, 0) is 11.3 Å². The van der Waals surface area contributed by atoms with Crippen LogP contribution in [0.3, 0.4) is 0 Å². The molecule has 0 atom stereocenters. The van der Waals surface area contributed by atoms with Gasteiger partial charge in [0.05, 0.1) is 7.11 Å². The number of anilines is 1. The number of hydrogen-bond acceptors (Lipinski definition) is 6. The van der Waals surface area contributed by atoms with Crippen LogP contribution in [-0.4, -0.2) is 58.8 Å². The predicted octanol–water partition coefficient (Wildman–Crippen LogP) is 3.64. The lowest BCUT2D eigenvalue weighted by molar-refractivity contribution is -0.132. The van der Waals surface area contributed by atoms with Crippen LogP contribution in [0.25, 0.3) is 11.6 Å². The number of methoxy groups -OCH3 is 1. The topological polar surface area (TPSA) is 76.6 Å². The van der Waals surface area contributed by atoms with Crippen LogP contribution in [0.2, 0.25) is 0 Å². The van der Waals surface area contributed by atoms with Crippen LogP contribution in [0.4, 0.5) is 5.69 Å². The number of aromatic nitrogens is 3. The largest absolute Gasteiger partial charge is 0.497 e. The van der Waals surface area contributed by atoms with Gasteiger partial charge in [-0.3, -0.25) is 4.79 Å². The number of aryl methyl sites for hydroxylation is 2. The number of piperazine rings is 1. The minimum Gasteiger partial charge on any atom is -0.497 e. The van der Waals surface area contributed by atoms with Gasteiger partial charge in [0.25, 0.3) is 5.89 Å². The van der Waals surface area contributed by atoms with E-state index in [1.807, 2.05) is 55.4 Å². The Balaban J connectivity index is 1.46. The number of amides is 1. The summed E-state index contributed by atoms with van der Waals surface area (Å²) in [6.07, 6.45) is 0. The van der Waals surface area contributed by atoms with E-state index in [2.05, 4.69) is 27.2 Å². The Bertz CT molecular complexity index is 1090. The Labute approximate surface area is 188 Å². The summed E-state index contributed by atoms with van der Waals surface area (Å²) in [5.41, 5.74) is 3.97. The highest BCUT2D eigenvalue weighted by Crippen LogP contribution is 2.27. The van der Waals surface area contributed by atoms with Crippen LogP contribution < -0.4 is 9.64 Å². The van der Waals surface area contributed by atoms with Crippen molar-refractivity contribution in [1.29, 1.82) is 0 Å². The van der Waals surface area contributed by atoms with Crippen LogP contribution >= 0.6 is 0 Å². The van der Waals surface area contributed by atoms with Crippen molar-refractivity contribution in [1.82, 2.24) is 19.6 Å². The molecule has 1 aliphatic heterocycles. The van der Waals surface area contributed by atoms with Gasteiger partial charge in [-0.05, 0) is 37.6 Å². The summed E-state index contributed by atoms with van der Waals surface area (Å²) in [7, 11) is 1.67. The average molecular weight is 438 g/mol. The second kappa shape index (κ2) is 9.06. The molecule has 2 aromatic heterocycles. The molecule has 1 fully saturated rings. The van der Waals surface area contributed by atoms with E-state index in [-0.39, 0.29) is 18.4 Å². The Morgan fingerprint density at radius 1 is 1.16 bits per heavy atom. The summed E-state index contributed by atoms with van der Waals surface area (Å²) < 4.78 is 12.9. The second-order valence-electron chi connectivity index (χ2n) is 8.59. The highest BCUT2D eigenvalue weighted by molar-refractivity contribution is 5.77. The maximum Gasteiger partial charge on any atom is 0.274 e. The van der Waals surface area contributed by atoms with E-state index >= 15 is 0 Å². The van der Waals surface area contributed by atoms with Gasteiger partial charge >= 0.3 is 0 Å². The fourth-order valence-electron chi connectivity index (χ4n) is 4.16. The Morgan fingerprint density at radius 2 is 1.91 bits per heavy atom. The van der Waals surface area contributed by atoms with Crippen molar-refractivity contribution in [3.8, 4) is 17.3 Å². The number of benzene rings is 1. The molecule has 4 rings (SSSR count). The second-order valence-corrected chi connectivity index (χ2v) is 8.59. The first kappa shape index (κ1) is 21.9. The van der Waals surface area contributed by atoms with Crippen molar-refractivity contribution < 1.29 is 14.1 Å². The number of carbonyl (C=O) groups is 1. The summed E-state index contributed by atoms with van der Waals surface area (Å²) in [5, 5.41) is 4.09. The molecular formula is C24H31N5O3. The van der Waals surface area contributed by atoms with Gasteiger partial charge in [0, 0.05) is 49.5 Å². The Morgan fingerprint density at radius 3 is 2.56 bits per heavy atom. The van der Waals surface area contributed by atoms with Gasteiger partial charge in [0.2, 0.25) is 5.91 Å². The molecular weight excluding hydrogens is 406 g/mol. The lowest BCUT2D eigenvalue weighted by Crippen LogP contribution is -2.49. The third-order valence-electron chi connectivity index (χ3n) is 6.00. The number of ether oxygens (including phenoxy) is 1. The maximum atomic E-state index is 13.2. The van der Waals surface area contributed by atoms with E-state index in [0.29, 0.717) is 24.8 Å². The number of nitrogens with zero attached hydrogens (tertiary/aromatic N) is 5. The molecule has 0 unspecified atom stereocenters. The molecule has 0 aliphatic carbocycles. The van der Waals surface area contributed by atoms with Crippen molar-refractivity contribution in [3.05, 3.63) is 47.4 Å². The fourth-order valence-corrected chi connectivity index (χ4v) is 4.16. The first-order valence-corrected chi connectivity index (χ1v) is 11.0. The molecule has 3 heterocycles. The molecule has 0 N–H and O–H groups in total.